The molecule has 1 N–H and O–H groups in total. The van der Waals surface area contributed by atoms with Gasteiger partial charge in [-0.15, -0.1) is 0 Å². The largest absolute Gasteiger partial charge is 0.466 e. The molecular formula is C23H25Cl2F4NO3. The third kappa shape index (κ3) is 7.21. The van der Waals surface area contributed by atoms with Crippen LogP contribution in [0, 0.1) is 23.7 Å². The minimum Gasteiger partial charge on any atom is -0.466 e. The maximum atomic E-state index is 14.5. The molecule has 0 heterocycles. The molecule has 1 aromatic rings. The van der Waals surface area contributed by atoms with Crippen LogP contribution in [-0.2, 0) is 20.7 Å². The van der Waals surface area contributed by atoms with Crippen molar-refractivity contribution in [2.24, 2.45) is 23.7 Å². The van der Waals surface area contributed by atoms with Gasteiger partial charge in [0.1, 0.15) is 5.83 Å². The number of hydrogen-bond donors (Lipinski definition) is 1. The molecule has 0 saturated carbocycles. The number of alkyl halides is 3. The number of ether oxygens (including phenoxy) is 1. The zero-order valence-electron chi connectivity index (χ0n) is 18.3. The molecule has 1 aliphatic rings. The minimum atomic E-state index is -4.73. The average Bonchev–Trinajstić information content (AvgIpc) is 2.71. The Morgan fingerprint density at radius 2 is 1.91 bits per heavy atom. The van der Waals surface area contributed by atoms with Gasteiger partial charge in [-0.3, -0.25) is 9.59 Å². The first-order valence-corrected chi connectivity index (χ1v) is 11.2. The summed E-state index contributed by atoms with van der Waals surface area (Å²) in [5.41, 5.74) is 0.692. The van der Waals surface area contributed by atoms with E-state index in [1.165, 1.54) is 18.2 Å². The first-order chi connectivity index (χ1) is 15.3. The third-order valence-electron chi connectivity index (χ3n) is 5.51. The number of halogens is 6. The molecule has 4 atom stereocenters. The second kappa shape index (κ2) is 11.4. The molecule has 0 aromatic heterocycles. The predicted octanol–water partition coefficient (Wildman–Crippen LogP) is 6.83. The molecule has 1 unspecified atom stereocenters. The van der Waals surface area contributed by atoms with E-state index in [1.807, 2.05) is 0 Å². The molecule has 0 saturated heterocycles. The van der Waals surface area contributed by atoms with Gasteiger partial charge in [-0.05, 0) is 43.5 Å². The zero-order chi connectivity index (χ0) is 24.9. The Bertz CT molecular complexity index is 946. The van der Waals surface area contributed by atoms with Crippen LogP contribution in [0.5, 0.6) is 0 Å². The minimum absolute atomic E-state index is 0.0639. The van der Waals surface area contributed by atoms with Crippen molar-refractivity contribution >= 4 is 40.8 Å². The molecule has 1 amide bonds. The summed E-state index contributed by atoms with van der Waals surface area (Å²) in [4.78, 5) is 24.9. The summed E-state index contributed by atoms with van der Waals surface area (Å²) in [6.45, 7) is 4.43. The fourth-order valence-electron chi connectivity index (χ4n) is 3.66. The SMILES string of the molecule is CCOC(=O)[C@@H](C)Cc1ccc(Cl)c(NC(=O)[C@H](C2CC=C(Cl)C=C2F)[C@@H](C)C(F)(F)F)c1. The van der Waals surface area contributed by atoms with Crippen LogP contribution < -0.4 is 5.32 Å². The van der Waals surface area contributed by atoms with Gasteiger partial charge >= 0.3 is 12.1 Å². The Kier molecular flexibility index (Phi) is 9.38. The van der Waals surface area contributed by atoms with Crippen molar-refractivity contribution in [3.63, 3.8) is 0 Å². The van der Waals surface area contributed by atoms with Gasteiger partial charge in [-0.1, -0.05) is 49.2 Å². The second-order valence-corrected chi connectivity index (χ2v) is 8.82. The van der Waals surface area contributed by atoms with E-state index >= 15 is 0 Å². The van der Waals surface area contributed by atoms with Crippen molar-refractivity contribution in [2.45, 2.75) is 39.8 Å². The van der Waals surface area contributed by atoms with Crippen molar-refractivity contribution < 1.29 is 31.9 Å². The smallest absolute Gasteiger partial charge is 0.392 e. The van der Waals surface area contributed by atoms with E-state index in [4.69, 9.17) is 27.9 Å². The van der Waals surface area contributed by atoms with Crippen LogP contribution in [0.1, 0.15) is 32.8 Å². The van der Waals surface area contributed by atoms with Gasteiger partial charge in [-0.25, -0.2) is 4.39 Å². The van der Waals surface area contributed by atoms with Crippen molar-refractivity contribution in [2.75, 3.05) is 11.9 Å². The number of hydrogen-bond acceptors (Lipinski definition) is 3. The number of benzene rings is 1. The quantitative estimate of drug-likeness (QED) is 0.308. The lowest BCUT2D eigenvalue weighted by atomic mass is 9.77. The van der Waals surface area contributed by atoms with E-state index in [2.05, 4.69) is 5.32 Å². The van der Waals surface area contributed by atoms with Gasteiger partial charge in [-0.2, -0.15) is 13.2 Å². The molecule has 1 aliphatic carbocycles. The van der Waals surface area contributed by atoms with Gasteiger partial charge < -0.3 is 10.1 Å². The van der Waals surface area contributed by atoms with Crippen molar-refractivity contribution in [1.29, 1.82) is 0 Å². The van der Waals surface area contributed by atoms with E-state index in [0.717, 1.165) is 13.0 Å². The summed E-state index contributed by atoms with van der Waals surface area (Å²) in [5, 5.41) is 2.58. The maximum absolute atomic E-state index is 14.5. The molecule has 0 spiro atoms. The molecule has 182 valence electrons. The van der Waals surface area contributed by atoms with Gasteiger partial charge in [0, 0.05) is 11.0 Å². The van der Waals surface area contributed by atoms with Crippen molar-refractivity contribution in [3.8, 4) is 0 Å². The summed E-state index contributed by atoms with van der Waals surface area (Å²) < 4.78 is 60.2. The predicted molar refractivity (Wildman–Crippen MR) is 120 cm³/mol. The lowest BCUT2D eigenvalue weighted by Crippen LogP contribution is -2.41. The van der Waals surface area contributed by atoms with Crippen LogP contribution in [0.15, 0.2) is 41.2 Å². The topological polar surface area (TPSA) is 55.4 Å². The lowest BCUT2D eigenvalue weighted by Gasteiger charge is -2.32. The Morgan fingerprint density at radius 1 is 1.24 bits per heavy atom. The average molecular weight is 510 g/mol. The van der Waals surface area contributed by atoms with Crippen LogP contribution in [0.25, 0.3) is 0 Å². The highest BCUT2D eigenvalue weighted by Gasteiger charge is 2.48. The number of allylic oxidation sites excluding steroid dienone is 4. The highest BCUT2D eigenvalue weighted by atomic mass is 35.5. The van der Waals surface area contributed by atoms with Gasteiger partial charge in [0.2, 0.25) is 5.91 Å². The number of anilines is 1. The van der Waals surface area contributed by atoms with E-state index in [-0.39, 0.29) is 35.2 Å². The molecule has 0 fully saturated rings. The molecule has 0 bridgehead atoms. The van der Waals surface area contributed by atoms with E-state index in [0.29, 0.717) is 5.56 Å². The van der Waals surface area contributed by atoms with Crippen LogP contribution in [0.4, 0.5) is 23.2 Å². The zero-order valence-corrected chi connectivity index (χ0v) is 19.8. The second-order valence-electron chi connectivity index (χ2n) is 7.98. The van der Waals surface area contributed by atoms with Crippen molar-refractivity contribution in [1.82, 2.24) is 0 Å². The summed E-state index contributed by atoms with van der Waals surface area (Å²) in [7, 11) is 0. The summed E-state index contributed by atoms with van der Waals surface area (Å²) in [6, 6.07) is 4.59. The highest BCUT2D eigenvalue weighted by Crippen LogP contribution is 2.42. The van der Waals surface area contributed by atoms with E-state index in [1.54, 1.807) is 19.9 Å². The Balaban J connectivity index is 2.30. The fourth-order valence-corrected chi connectivity index (χ4v) is 4.02. The van der Waals surface area contributed by atoms with Gasteiger partial charge in [0.25, 0.3) is 0 Å². The Hall–Kier alpha value is -2.06. The van der Waals surface area contributed by atoms with Gasteiger partial charge in [0.05, 0.1) is 35.1 Å². The summed E-state index contributed by atoms with van der Waals surface area (Å²) >= 11 is 11.9. The molecule has 2 rings (SSSR count). The molecule has 4 nitrogen and oxygen atoms in total. The Morgan fingerprint density at radius 3 is 2.48 bits per heavy atom. The van der Waals surface area contributed by atoms with Gasteiger partial charge in [0.15, 0.2) is 0 Å². The number of carbonyl (C=O) groups excluding carboxylic acids is 2. The molecular weight excluding hydrogens is 485 g/mol. The highest BCUT2D eigenvalue weighted by molar-refractivity contribution is 6.33. The monoisotopic (exact) mass is 509 g/mol. The number of nitrogens with one attached hydrogen (secondary N) is 1. The third-order valence-corrected chi connectivity index (χ3v) is 6.10. The standard InChI is InChI=1S/C23H25Cl2F4NO3/c1-4-33-22(32)12(2)9-14-5-8-17(25)19(10-14)30-21(31)20(13(3)23(27,28)29)16-7-6-15(24)11-18(16)26/h5-6,8,10-13,16,20H,4,7,9H2,1-3H3,(H,30,31)/t12-,13+,16?,20-/m0/s1. The Labute approximate surface area is 200 Å². The first-order valence-electron chi connectivity index (χ1n) is 10.4. The summed E-state index contributed by atoms with van der Waals surface area (Å²) in [5.74, 6) is -7.98. The van der Waals surface area contributed by atoms with Crippen LogP contribution in [0.3, 0.4) is 0 Å². The van der Waals surface area contributed by atoms with E-state index < -0.39 is 47.6 Å². The molecule has 0 radical (unpaired) electrons. The maximum Gasteiger partial charge on any atom is 0.392 e. The summed E-state index contributed by atoms with van der Waals surface area (Å²) in [6.07, 6.45) is -2.31. The van der Waals surface area contributed by atoms with Crippen molar-refractivity contribution in [3.05, 3.63) is 51.8 Å². The van der Waals surface area contributed by atoms with Crippen LogP contribution in [0.2, 0.25) is 5.02 Å². The van der Waals surface area contributed by atoms with Crippen LogP contribution >= 0.6 is 23.2 Å². The fraction of sp³-hybridized carbons (Fsp3) is 0.478. The lowest BCUT2D eigenvalue weighted by molar-refractivity contribution is -0.189. The molecule has 0 aliphatic heterocycles. The first kappa shape index (κ1) is 27.2. The molecule has 10 heteroatoms. The molecule has 1 aromatic carbocycles. The molecule has 33 heavy (non-hydrogen) atoms. The number of carbonyl (C=O) groups is 2. The number of amides is 1. The number of rotatable bonds is 8. The normalized spacial score (nSPS) is 19.1. The number of esters is 1. The van der Waals surface area contributed by atoms with E-state index in [9.17, 15) is 27.2 Å². The van der Waals surface area contributed by atoms with Crippen LogP contribution in [-0.4, -0.2) is 24.7 Å².